The number of halogens is 5. The number of ether oxygens (including phenoxy) is 2. The average molecular weight is 478 g/mol. The van der Waals surface area contributed by atoms with Crippen molar-refractivity contribution in [3.8, 4) is 11.5 Å². The summed E-state index contributed by atoms with van der Waals surface area (Å²) in [5.41, 5.74) is -1.82. The van der Waals surface area contributed by atoms with Crippen LogP contribution < -0.4 is 4.74 Å². The molecule has 0 aliphatic heterocycles. The van der Waals surface area contributed by atoms with Crippen LogP contribution >= 0.6 is 23.2 Å². The Morgan fingerprint density at radius 2 is 1.84 bits per heavy atom. The van der Waals surface area contributed by atoms with E-state index in [1.807, 2.05) is 0 Å². The fourth-order valence-corrected chi connectivity index (χ4v) is 3.72. The van der Waals surface area contributed by atoms with E-state index in [0.717, 1.165) is 37.1 Å². The standard InChI is InChI=1S/C20H16Cl2F3NO5/c21-14-3-1-2-4-17(14)31-19(27)13-10-12(6-7-16(13)26(28)29)30-18-8-5-11(9-15(18)22)20(23,24)25/h5-10,14,17H,1-4H2. The van der Waals surface area contributed by atoms with Gasteiger partial charge in [-0.25, -0.2) is 4.79 Å². The highest BCUT2D eigenvalue weighted by Gasteiger charge is 2.32. The highest BCUT2D eigenvalue weighted by molar-refractivity contribution is 6.32. The van der Waals surface area contributed by atoms with Gasteiger partial charge in [-0.15, -0.1) is 11.6 Å². The number of carbonyl (C=O) groups excluding carboxylic acids is 1. The topological polar surface area (TPSA) is 78.7 Å². The average Bonchev–Trinajstić information content (AvgIpc) is 2.70. The third kappa shape index (κ3) is 5.59. The molecule has 166 valence electrons. The second-order valence-electron chi connectivity index (χ2n) is 6.93. The zero-order valence-corrected chi connectivity index (χ0v) is 17.3. The molecular formula is C20H16Cl2F3NO5. The van der Waals surface area contributed by atoms with Crippen molar-refractivity contribution in [1.29, 1.82) is 0 Å². The maximum absolute atomic E-state index is 12.8. The molecule has 0 saturated heterocycles. The summed E-state index contributed by atoms with van der Waals surface area (Å²) >= 11 is 12.1. The summed E-state index contributed by atoms with van der Waals surface area (Å²) < 4.78 is 49.2. The Morgan fingerprint density at radius 1 is 1.13 bits per heavy atom. The van der Waals surface area contributed by atoms with Gasteiger partial charge in [0.15, 0.2) is 0 Å². The number of nitro benzene ring substituents is 1. The van der Waals surface area contributed by atoms with Gasteiger partial charge in [-0.1, -0.05) is 18.0 Å². The molecule has 1 aliphatic rings. The Balaban J connectivity index is 1.86. The number of esters is 1. The molecule has 2 aromatic rings. The van der Waals surface area contributed by atoms with Crippen LogP contribution in [0.1, 0.15) is 41.6 Å². The zero-order chi connectivity index (χ0) is 22.8. The van der Waals surface area contributed by atoms with Crippen LogP contribution in [0.4, 0.5) is 18.9 Å². The van der Waals surface area contributed by atoms with Gasteiger partial charge in [0.2, 0.25) is 0 Å². The lowest BCUT2D eigenvalue weighted by molar-refractivity contribution is -0.385. The lowest BCUT2D eigenvalue weighted by Crippen LogP contribution is -2.30. The predicted octanol–water partition coefficient (Wildman–Crippen LogP) is 6.77. The largest absolute Gasteiger partial charge is 0.457 e. The van der Waals surface area contributed by atoms with Crippen molar-refractivity contribution in [2.75, 3.05) is 0 Å². The fourth-order valence-electron chi connectivity index (χ4n) is 3.17. The summed E-state index contributed by atoms with van der Waals surface area (Å²) in [5.74, 6) is -1.09. The summed E-state index contributed by atoms with van der Waals surface area (Å²) in [6.07, 6.45) is -2.22. The van der Waals surface area contributed by atoms with E-state index >= 15 is 0 Å². The number of rotatable bonds is 5. The minimum atomic E-state index is -4.58. The monoisotopic (exact) mass is 477 g/mol. The van der Waals surface area contributed by atoms with E-state index in [1.54, 1.807) is 0 Å². The molecule has 1 saturated carbocycles. The molecule has 0 N–H and O–H groups in total. The van der Waals surface area contributed by atoms with E-state index < -0.39 is 34.4 Å². The maximum atomic E-state index is 12.8. The first-order chi connectivity index (χ1) is 14.6. The molecule has 2 aromatic carbocycles. The number of benzene rings is 2. The van der Waals surface area contributed by atoms with Gasteiger partial charge in [0, 0.05) is 12.1 Å². The van der Waals surface area contributed by atoms with Crippen LogP contribution in [0.25, 0.3) is 0 Å². The number of nitro groups is 1. The maximum Gasteiger partial charge on any atom is 0.416 e. The van der Waals surface area contributed by atoms with Crippen molar-refractivity contribution in [3.63, 3.8) is 0 Å². The van der Waals surface area contributed by atoms with Crippen molar-refractivity contribution in [2.24, 2.45) is 0 Å². The molecule has 1 aliphatic carbocycles. The molecule has 0 heterocycles. The van der Waals surface area contributed by atoms with Crippen LogP contribution in [0.2, 0.25) is 5.02 Å². The number of hydrogen-bond donors (Lipinski definition) is 0. The first-order valence-electron chi connectivity index (χ1n) is 9.24. The van der Waals surface area contributed by atoms with Crippen LogP contribution in [0.5, 0.6) is 11.5 Å². The Morgan fingerprint density at radius 3 is 2.45 bits per heavy atom. The Kier molecular flexibility index (Phi) is 6.96. The van der Waals surface area contributed by atoms with Crippen LogP contribution in [-0.4, -0.2) is 22.4 Å². The summed E-state index contributed by atoms with van der Waals surface area (Å²) in [6.45, 7) is 0. The van der Waals surface area contributed by atoms with Gasteiger partial charge in [0.05, 0.1) is 20.9 Å². The van der Waals surface area contributed by atoms with Gasteiger partial charge < -0.3 is 9.47 Å². The quantitative estimate of drug-likeness (QED) is 0.205. The summed E-state index contributed by atoms with van der Waals surface area (Å²) in [4.78, 5) is 23.2. The number of alkyl halides is 4. The molecule has 0 aromatic heterocycles. The molecule has 0 spiro atoms. The van der Waals surface area contributed by atoms with Crippen molar-refractivity contribution in [3.05, 3.63) is 62.7 Å². The van der Waals surface area contributed by atoms with Crippen molar-refractivity contribution in [1.82, 2.24) is 0 Å². The lowest BCUT2D eigenvalue weighted by Gasteiger charge is -2.26. The summed E-state index contributed by atoms with van der Waals surface area (Å²) in [5, 5.41) is 10.6. The molecule has 2 unspecified atom stereocenters. The predicted molar refractivity (Wildman–Crippen MR) is 107 cm³/mol. The minimum absolute atomic E-state index is 0.0368. The third-order valence-electron chi connectivity index (χ3n) is 4.75. The highest BCUT2D eigenvalue weighted by Crippen LogP contribution is 2.37. The Bertz CT molecular complexity index is 999. The molecule has 11 heteroatoms. The third-order valence-corrected chi connectivity index (χ3v) is 5.55. The summed E-state index contributed by atoms with van der Waals surface area (Å²) in [7, 11) is 0. The molecule has 31 heavy (non-hydrogen) atoms. The normalized spacial score (nSPS) is 19.0. The molecule has 0 radical (unpaired) electrons. The molecule has 0 bridgehead atoms. The van der Waals surface area contributed by atoms with Gasteiger partial charge in [0.1, 0.15) is 23.2 Å². The van der Waals surface area contributed by atoms with E-state index in [-0.39, 0.29) is 27.5 Å². The summed E-state index contributed by atoms with van der Waals surface area (Å²) in [6, 6.07) is 5.83. The first-order valence-corrected chi connectivity index (χ1v) is 10.1. The smallest absolute Gasteiger partial charge is 0.416 e. The zero-order valence-electron chi connectivity index (χ0n) is 15.8. The van der Waals surface area contributed by atoms with Crippen LogP contribution in [0.15, 0.2) is 36.4 Å². The molecule has 0 amide bonds. The number of carbonyl (C=O) groups is 1. The van der Waals surface area contributed by atoms with Gasteiger partial charge in [-0.3, -0.25) is 10.1 Å². The lowest BCUT2D eigenvalue weighted by atomic mass is 9.97. The second-order valence-corrected chi connectivity index (χ2v) is 7.89. The van der Waals surface area contributed by atoms with Crippen molar-refractivity contribution in [2.45, 2.75) is 43.3 Å². The van der Waals surface area contributed by atoms with E-state index in [1.165, 1.54) is 6.07 Å². The van der Waals surface area contributed by atoms with E-state index in [0.29, 0.717) is 18.9 Å². The van der Waals surface area contributed by atoms with Crippen LogP contribution in [-0.2, 0) is 10.9 Å². The molecule has 2 atom stereocenters. The Hall–Kier alpha value is -2.52. The van der Waals surface area contributed by atoms with E-state index in [9.17, 15) is 28.1 Å². The number of nitrogens with zero attached hydrogens (tertiary/aromatic N) is 1. The minimum Gasteiger partial charge on any atom is -0.457 e. The van der Waals surface area contributed by atoms with Crippen LogP contribution in [0.3, 0.4) is 0 Å². The Labute approximate surface area is 185 Å². The van der Waals surface area contributed by atoms with Gasteiger partial charge in [-0.2, -0.15) is 13.2 Å². The molecule has 6 nitrogen and oxygen atoms in total. The van der Waals surface area contributed by atoms with E-state index in [4.69, 9.17) is 32.7 Å². The first kappa shape index (κ1) is 23.1. The van der Waals surface area contributed by atoms with Gasteiger partial charge >= 0.3 is 12.1 Å². The second kappa shape index (κ2) is 9.32. The highest BCUT2D eigenvalue weighted by atomic mass is 35.5. The van der Waals surface area contributed by atoms with E-state index in [2.05, 4.69) is 0 Å². The van der Waals surface area contributed by atoms with Crippen LogP contribution in [0, 0.1) is 10.1 Å². The van der Waals surface area contributed by atoms with Crippen molar-refractivity contribution >= 4 is 34.9 Å². The SMILES string of the molecule is O=C(OC1CCCCC1Cl)c1cc(Oc2ccc(C(F)(F)F)cc2Cl)ccc1[N+](=O)[O-]. The molecule has 3 rings (SSSR count). The molecule has 1 fully saturated rings. The fraction of sp³-hybridized carbons (Fsp3) is 0.350. The van der Waals surface area contributed by atoms with Gasteiger partial charge in [-0.05, 0) is 43.5 Å². The van der Waals surface area contributed by atoms with Gasteiger partial charge in [0.25, 0.3) is 5.69 Å². The number of hydrogen-bond acceptors (Lipinski definition) is 5. The van der Waals surface area contributed by atoms with Crippen molar-refractivity contribution < 1.29 is 32.4 Å². The molecular weight excluding hydrogens is 462 g/mol.